The predicted octanol–water partition coefficient (Wildman–Crippen LogP) is 2.96. The van der Waals surface area contributed by atoms with Crippen LogP contribution in [0.3, 0.4) is 0 Å². The van der Waals surface area contributed by atoms with Gasteiger partial charge in [0.25, 0.3) is 0 Å². The molecule has 4 rings (SSSR count). The first-order valence-electron chi connectivity index (χ1n) is 11.8. The molecule has 2 aromatic carbocycles. The Labute approximate surface area is 195 Å². The fraction of sp³-hybridized carbons (Fsp3) is 0.423. The van der Waals surface area contributed by atoms with Gasteiger partial charge < -0.3 is 15.5 Å². The highest BCUT2D eigenvalue weighted by atomic mass is 16.2. The van der Waals surface area contributed by atoms with E-state index in [4.69, 9.17) is 0 Å². The van der Waals surface area contributed by atoms with Crippen LogP contribution in [0, 0.1) is 0 Å². The van der Waals surface area contributed by atoms with Crippen LogP contribution in [0.4, 0.5) is 5.69 Å². The van der Waals surface area contributed by atoms with E-state index in [1.165, 1.54) is 0 Å². The maximum Gasteiger partial charge on any atom is 0.247 e. The molecular formula is C26H32N4O3. The molecule has 0 bridgehead atoms. The minimum atomic E-state index is -0.589. The van der Waals surface area contributed by atoms with E-state index in [1.807, 2.05) is 60.7 Å². The summed E-state index contributed by atoms with van der Waals surface area (Å²) >= 11 is 0. The molecule has 0 saturated carbocycles. The van der Waals surface area contributed by atoms with Gasteiger partial charge in [-0.3, -0.25) is 19.3 Å². The zero-order valence-electron chi connectivity index (χ0n) is 18.9. The van der Waals surface area contributed by atoms with E-state index >= 15 is 0 Å². The van der Waals surface area contributed by atoms with Gasteiger partial charge in [-0.15, -0.1) is 0 Å². The lowest BCUT2D eigenvalue weighted by atomic mass is 9.99. The summed E-state index contributed by atoms with van der Waals surface area (Å²) in [6.07, 6.45) is 3.86. The van der Waals surface area contributed by atoms with Crippen LogP contribution in [0.5, 0.6) is 0 Å². The molecule has 2 aromatic rings. The van der Waals surface area contributed by atoms with Crippen molar-refractivity contribution in [3.05, 3.63) is 66.2 Å². The van der Waals surface area contributed by atoms with Crippen molar-refractivity contribution in [3.63, 3.8) is 0 Å². The maximum atomic E-state index is 13.3. The Morgan fingerprint density at radius 3 is 2.24 bits per heavy atom. The average Bonchev–Trinajstić information content (AvgIpc) is 2.83. The molecule has 7 nitrogen and oxygen atoms in total. The van der Waals surface area contributed by atoms with Crippen LogP contribution in [0.2, 0.25) is 0 Å². The summed E-state index contributed by atoms with van der Waals surface area (Å²) in [5, 5.41) is 6.11. The van der Waals surface area contributed by atoms with Gasteiger partial charge in [0.1, 0.15) is 6.04 Å². The summed E-state index contributed by atoms with van der Waals surface area (Å²) in [6, 6.07) is 18.5. The van der Waals surface area contributed by atoms with Gasteiger partial charge in [0.05, 0.1) is 6.54 Å². The van der Waals surface area contributed by atoms with Crippen LogP contribution < -0.4 is 10.6 Å². The number of nitrogens with zero attached hydrogens (tertiary/aromatic N) is 2. The molecule has 0 aliphatic carbocycles. The fourth-order valence-electron chi connectivity index (χ4n) is 4.65. The van der Waals surface area contributed by atoms with Gasteiger partial charge in [-0.05, 0) is 43.4 Å². The molecule has 0 aromatic heterocycles. The Balaban J connectivity index is 1.31. The van der Waals surface area contributed by atoms with Crippen molar-refractivity contribution in [2.24, 2.45) is 0 Å². The lowest BCUT2D eigenvalue weighted by molar-refractivity contribution is -0.143. The second-order valence-corrected chi connectivity index (χ2v) is 8.83. The maximum absolute atomic E-state index is 13.3. The van der Waals surface area contributed by atoms with E-state index in [0.717, 1.165) is 50.0 Å². The first-order chi connectivity index (χ1) is 16.1. The highest BCUT2D eigenvalue weighted by Crippen LogP contribution is 2.26. The summed E-state index contributed by atoms with van der Waals surface area (Å²) in [6.45, 7) is 2.43. The largest absolute Gasteiger partial charge is 0.351 e. The van der Waals surface area contributed by atoms with E-state index < -0.39 is 6.04 Å². The molecule has 7 heteroatoms. The van der Waals surface area contributed by atoms with Gasteiger partial charge in [-0.25, -0.2) is 0 Å². The molecule has 0 radical (unpaired) electrons. The summed E-state index contributed by atoms with van der Waals surface area (Å²) in [5.41, 5.74) is 1.64. The number of anilines is 1. The van der Waals surface area contributed by atoms with Crippen molar-refractivity contribution in [2.75, 3.05) is 31.5 Å². The Morgan fingerprint density at radius 2 is 1.58 bits per heavy atom. The number of hydrogen-bond donors (Lipinski definition) is 2. The number of para-hydroxylation sites is 1. The van der Waals surface area contributed by atoms with E-state index in [1.54, 1.807) is 4.90 Å². The molecule has 0 spiro atoms. The van der Waals surface area contributed by atoms with Gasteiger partial charge >= 0.3 is 0 Å². The van der Waals surface area contributed by atoms with Crippen LogP contribution in [-0.2, 0) is 14.4 Å². The van der Waals surface area contributed by atoms with Crippen LogP contribution in [0.1, 0.15) is 43.7 Å². The van der Waals surface area contributed by atoms with E-state index in [9.17, 15) is 14.4 Å². The molecule has 2 saturated heterocycles. The number of amides is 3. The second kappa shape index (κ2) is 11.1. The monoisotopic (exact) mass is 448 g/mol. The smallest absolute Gasteiger partial charge is 0.247 e. The lowest BCUT2D eigenvalue weighted by Gasteiger charge is -2.36. The van der Waals surface area contributed by atoms with Gasteiger partial charge in [0.15, 0.2) is 0 Å². The molecule has 2 aliphatic heterocycles. The fourth-order valence-corrected chi connectivity index (χ4v) is 4.65. The van der Waals surface area contributed by atoms with Crippen molar-refractivity contribution < 1.29 is 14.4 Å². The topological polar surface area (TPSA) is 81.8 Å². The number of hydrogen-bond acceptors (Lipinski definition) is 4. The molecule has 33 heavy (non-hydrogen) atoms. The number of nitrogens with one attached hydrogen (secondary N) is 2. The van der Waals surface area contributed by atoms with E-state index in [-0.39, 0.29) is 23.8 Å². The summed E-state index contributed by atoms with van der Waals surface area (Å²) < 4.78 is 0. The molecular weight excluding hydrogens is 416 g/mol. The number of rotatable bonds is 7. The number of piperidine rings is 2. The van der Waals surface area contributed by atoms with Crippen LogP contribution >= 0.6 is 0 Å². The second-order valence-electron chi connectivity index (χ2n) is 8.83. The van der Waals surface area contributed by atoms with Crippen molar-refractivity contribution in [1.82, 2.24) is 15.1 Å². The summed E-state index contributed by atoms with van der Waals surface area (Å²) in [5.74, 6) is -0.0994. The molecule has 1 atom stereocenters. The van der Waals surface area contributed by atoms with Gasteiger partial charge in [-0.1, -0.05) is 48.5 Å². The zero-order valence-corrected chi connectivity index (χ0v) is 18.9. The first kappa shape index (κ1) is 23.0. The van der Waals surface area contributed by atoms with Crippen molar-refractivity contribution in [2.45, 2.75) is 44.2 Å². The molecule has 2 heterocycles. The number of carbonyl (C=O) groups is 3. The normalized spacial score (nSPS) is 18.5. The summed E-state index contributed by atoms with van der Waals surface area (Å²) in [4.78, 5) is 42.1. The number of likely N-dealkylation sites (tertiary alicyclic amines) is 2. The third-order valence-electron chi connectivity index (χ3n) is 6.39. The van der Waals surface area contributed by atoms with E-state index in [0.29, 0.717) is 19.5 Å². The van der Waals surface area contributed by atoms with Crippen LogP contribution in [-0.4, -0.2) is 59.7 Å². The Hall–Kier alpha value is -3.19. The third-order valence-corrected chi connectivity index (χ3v) is 6.39. The number of benzene rings is 2. The average molecular weight is 449 g/mol. The lowest BCUT2D eigenvalue weighted by Crippen LogP contribution is -2.51. The quantitative estimate of drug-likeness (QED) is 0.682. The van der Waals surface area contributed by atoms with Gasteiger partial charge in [-0.2, -0.15) is 0 Å². The Kier molecular flexibility index (Phi) is 7.73. The minimum Gasteiger partial charge on any atom is -0.351 e. The predicted molar refractivity (Wildman–Crippen MR) is 127 cm³/mol. The standard InChI is InChI=1S/C26H32N4O3/c31-23(27-21-11-5-2-6-12-21)19-29-17-14-22(15-18-29)28-26(33)25(20-9-3-1-4-10-20)30-16-8-7-13-24(30)32/h1-6,9-12,22,25H,7-8,13-19H2,(H,27,31)(H,28,33). The highest BCUT2D eigenvalue weighted by molar-refractivity contribution is 5.92. The minimum absolute atomic E-state index is 0.0311. The highest BCUT2D eigenvalue weighted by Gasteiger charge is 2.34. The first-order valence-corrected chi connectivity index (χ1v) is 11.8. The van der Waals surface area contributed by atoms with E-state index in [2.05, 4.69) is 15.5 Å². The van der Waals surface area contributed by atoms with Crippen molar-refractivity contribution in [3.8, 4) is 0 Å². The molecule has 1 unspecified atom stereocenters. The van der Waals surface area contributed by atoms with Gasteiger partial charge in [0, 0.05) is 37.8 Å². The van der Waals surface area contributed by atoms with Crippen LogP contribution in [0.25, 0.3) is 0 Å². The molecule has 2 aliphatic rings. The summed E-state index contributed by atoms with van der Waals surface area (Å²) in [7, 11) is 0. The third kappa shape index (κ3) is 6.20. The Bertz CT molecular complexity index is 943. The van der Waals surface area contributed by atoms with Crippen molar-refractivity contribution >= 4 is 23.4 Å². The Morgan fingerprint density at radius 1 is 0.909 bits per heavy atom. The molecule has 3 amide bonds. The van der Waals surface area contributed by atoms with Crippen molar-refractivity contribution in [1.29, 1.82) is 0 Å². The molecule has 2 fully saturated rings. The zero-order chi connectivity index (χ0) is 23.0. The van der Waals surface area contributed by atoms with Gasteiger partial charge in [0.2, 0.25) is 17.7 Å². The molecule has 2 N–H and O–H groups in total. The molecule has 174 valence electrons. The SMILES string of the molecule is O=C(CN1CCC(NC(=O)C(c2ccccc2)N2CCCCC2=O)CC1)Nc1ccccc1. The number of carbonyl (C=O) groups excluding carboxylic acids is 3. The van der Waals surface area contributed by atoms with Crippen LogP contribution in [0.15, 0.2) is 60.7 Å².